The van der Waals surface area contributed by atoms with Crippen molar-refractivity contribution in [1.82, 2.24) is 0 Å². The Kier molecular flexibility index (Phi) is 6.31. The van der Waals surface area contributed by atoms with Crippen LogP contribution < -0.4 is 0 Å². The Labute approximate surface area is 73.1 Å². The summed E-state index contributed by atoms with van der Waals surface area (Å²) in [5.41, 5.74) is 2.17. The third-order valence-corrected chi connectivity index (χ3v) is 1.68. The lowest BCUT2D eigenvalue weighted by Crippen LogP contribution is -1.99. The van der Waals surface area contributed by atoms with E-state index in [9.17, 15) is 0 Å². The molecule has 0 aromatic heterocycles. The standard InChI is InChI=1S/C8H14O2S/c1-4-9-10-5-7(2)8(3)6-11/h6H,4-5H2,1-3H3/b8-7+. The molecule has 0 rings (SSSR count). The average Bonchev–Trinajstić information content (AvgIpc) is 2.03. The van der Waals surface area contributed by atoms with Gasteiger partial charge >= 0.3 is 0 Å². The van der Waals surface area contributed by atoms with E-state index in [1.54, 1.807) is 5.37 Å². The first kappa shape index (κ1) is 10.8. The van der Waals surface area contributed by atoms with Crippen molar-refractivity contribution in [3.63, 3.8) is 0 Å². The lowest BCUT2D eigenvalue weighted by Gasteiger charge is -2.03. The van der Waals surface area contributed by atoms with Gasteiger partial charge in [-0.05, 0) is 31.9 Å². The van der Waals surface area contributed by atoms with Gasteiger partial charge in [-0.2, -0.15) is 0 Å². The largest absolute Gasteiger partial charge is 0.237 e. The summed E-state index contributed by atoms with van der Waals surface area (Å²) in [7, 11) is 0. The van der Waals surface area contributed by atoms with Crippen LogP contribution in [0.15, 0.2) is 11.1 Å². The van der Waals surface area contributed by atoms with Gasteiger partial charge in [-0.3, -0.25) is 0 Å². The Morgan fingerprint density at radius 2 is 2.00 bits per heavy atom. The van der Waals surface area contributed by atoms with Crippen molar-refractivity contribution in [2.45, 2.75) is 20.8 Å². The van der Waals surface area contributed by atoms with Crippen LogP contribution in [0, 0.1) is 0 Å². The van der Waals surface area contributed by atoms with Crippen LogP contribution in [0.4, 0.5) is 0 Å². The molecule has 0 fully saturated rings. The summed E-state index contributed by atoms with van der Waals surface area (Å²) in [4.78, 5) is 9.56. The maximum Gasteiger partial charge on any atom is 0.104 e. The monoisotopic (exact) mass is 174 g/mol. The fraction of sp³-hybridized carbons (Fsp3) is 0.625. The summed E-state index contributed by atoms with van der Waals surface area (Å²) < 4.78 is 0. The number of thiocarbonyl (C=S) groups is 1. The zero-order valence-corrected chi connectivity index (χ0v) is 8.03. The summed E-state index contributed by atoms with van der Waals surface area (Å²) in [6, 6.07) is 0. The molecule has 0 saturated heterocycles. The molecule has 0 aromatic rings. The second-order valence-electron chi connectivity index (χ2n) is 2.25. The highest BCUT2D eigenvalue weighted by Gasteiger charge is 1.93. The van der Waals surface area contributed by atoms with E-state index in [1.165, 1.54) is 0 Å². The maximum atomic E-state index is 4.84. The first-order valence-corrected chi connectivity index (χ1v) is 4.05. The van der Waals surface area contributed by atoms with Crippen molar-refractivity contribution in [1.29, 1.82) is 0 Å². The second-order valence-corrected chi connectivity index (χ2v) is 2.49. The van der Waals surface area contributed by atoms with Crippen LogP contribution in [-0.2, 0) is 9.78 Å². The van der Waals surface area contributed by atoms with Gasteiger partial charge in [0.2, 0.25) is 0 Å². The Bertz CT molecular complexity index is 152. The third kappa shape index (κ3) is 5.07. The maximum absolute atomic E-state index is 4.84. The first-order valence-electron chi connectivity index (χ1n) is 3.58. The van der Waals surface area contributed by atoms with Crippen LogP contribution in [-0.4, -0.2) is 18.6 Å². The van der Waals surface area contributed by atoms with Gasteiger partial charge in [0.05, 0.1) is 6.61 Å². The molecule has 0 aliphatic rings. The molecule has 2 nitrogen and oxygen atoms in total. The summed E-state index contributed by atoms with van der Waals surface area (Å²) in [5.74, 6) is 0. The van der Waals surface area contributed by atoms with Crippen LogP contribution >= 0.6 is 12.2 Å². The van der Waals surface area contributed by atoms with Crippen LogP contribution in [0.25, 0.3) is 0 Å². The van der Waals surface area contributed by atoms with E-state index >= 15 is 0 Å². The van der Waals surface area contributed by atoms with E-state index in [0.717, 1.165) is 11.1 Å². The summed E-state index contributed by atoms with van der Waals surface area (Å²) in [6.45, 7) is 6.87. The van der Waals surface area contributed by atoms with Crippen molar-refractivity contribution in [2.75, 3.05) is 13.2 Å². The van der Waals surface area contributed by atoms with Crippen molar-refractivity contribution < 1.29 is 9.78 Å². The van der Waals surface area contributed by atoms with Gasteiger partial charge in [0.25, 0.3) is 0 Å². The molecule has 0 atom stereocenters. The number of allylic oxidation sites excluding steroid dienone is 1. The molecule has 0 radical (unpaired) electrons. The lowest BCUT2D eigenvalue weighted by molar-refractivity contribution is -0.284. The highest BCUT2D eigenvalue weighted by Crippen LogP contribution is 2.01. The number of hydrogen-bond donors (Lipinski definition) is 0. The average molecular weight is 174 g/mol. The first-order chi connectivity index (χ1) is 5.22. The smallest absolute Gasteiger partial charge is 0.104 e. The predicted molar refractivity (Wildman–Crippen MR) is 49.6 cm³/mol. The van der Waals surface area contributed by atoms with Crippen molar-refractivity contribution >= 4 is 17.6 Å². The molecule has 0 heterocycles. The van der Waals surface area contributed by atoms with Crippen molar-refractivity contribution in [3.05, 3.63) is 11.1 Å². The molecule has 0 aromatic carbocycles. The molecule has 0 aliphatic heterocycles. The minimum absolute atomic E-state index is 0.493. The number of hydrogen-bond acceptors (Lipinski definition) is 3. The van der Waals surface area contributed by atoms with E-state index in [4.69, 9.17) is 22.0 Å². The molecule has 3 heteroatoms. The van der Waals surface area contributed by atoms with Crippen molar-refractivity contribution in [2.24, 2.45) is 0 Å². The molecule has 0 unspecified atom stereocenters. The molecule has 0 N–H and O–H groups in total. The Morgan fingerprint density at radius 3 is 2.45 bits per heavy atom. The van der Waals surface area contributed by atoms with E-state index in [-0.39, 0.29) is 0 Å². The molecule has 0 saturated carbocycles. The molecular formula is C8H14O2S. The SMILES string of the molecule is CCOOC/C(C)=C(\C)C=S. The highest BCUT2D eigenvalue weighted by atomic mass is 32.1. The fourth-order valence-corrected chi connectivity index (χ4v) is 0.629. The normalized spacial score (nSPS) is 12.6. The van der Waals surface area contributed by atoms with Crippen LogP contribution in [0.1, 0.15) is 20.8 Å². The van der Waals surface area contributed by atoms with E-state index in [0.29, 0.717) is 13.2 Å². The van der Waals surface area contributed by atoms with Gasteiger partial charge in [-0.15, -0.1) is 0 Å². The van der Waals surface area contributed by atoms with Gasteiger partial charge < -0.3 is 0 Å². The van der Waals surface area contributed by atoms with Crippen molar-refractivity contribution in [3.8, 4) is 0 Å². The highest BCUT2D eigenvalue weighted by molar-refractivity contribution is 7.79. The minimum Gasteiger partial charge on any atom is -0.237 e. The summed E-state index contributed by atoms with van der Waals surface area (Å²) >= 11 is 4.75. The quantitative estimate of drug-likeness (QED) is 0.209. The Balaban J connectivity index is 3.67. The predicted octanol–water partition coefficient (Wildman–Crippen LogP) is 2.29. The van der Waals surface area contributed by atoms with Crippen LogP contribution in [0.3, 0.4) is 0 Å². The fourth-order valence-electron chi connectivity index (χ4n) is 0.428. The third-order valence-electron chi connectivity index (χ3n) is 1.33. The lowest BCUT2D eigenvalue weighted by atomic mass is 10.2. The molecule has 64 valence electrons. The molecule has 0 amide bonds. The summed E-state index contributed by atoms with van der Waals surface area (Å²) in [5, 5.41) is 1.64. The van der Waals surface area contributed by atoms with Crippen LogP contribution in [0.2, 0.25) is 0 Å². The zero-order valence-electron chi connectivity index (χ0n) is 7.22. The zero-order chi connectivity index (χ0) is 8.69. The second kappa shape index (κ2) is 6.46. The van der Waals surface area contributed by atoms with Gasteiger partial charge in [0.15, 0.2) is 0 Å². The van der Waals surface area contributed by atoms with E-state index in [2.05, 4.69) is 0 Å². The molecule has 11 heavy (non-hydrogen) atoms. The topological polar surface area (TPSA) is 18.5 Å². The van der Waals surface area contributed by atoms with Gasteiger partial charge in [-0.25, -0.2) is 9.78 Å². The molecule has 0 spiro atoms. The van der Waals surface area contributed by atoms with Gasteiger partial charge in [-0.1, -0.05) is 12.2 Å². The molecule has 0 bridgehead atoms. The van der Waals surface area contributed by atoms with Gasteiger partial charge in [0, 0.05) is 5.37 Å². The minimum atomic E-state index is 0.493. The molecular weight excluding hydrogens is 160 g/mol. The molecule has 0 aliphatic carbocycles. The van der Waals surface area contributed by atoms with Gasteiger partial charge in [0.1, 0.15) is 6.61 Å². The number of rotatable bonds is 5. The summed E-state index contributed by atoms with van der Waals surface area (Å²) in [6.07, 6.45) is 0. The Hall–Kier alpha value is -0.250. The van der Waals surface area contributed by atoms with E-state index in [1.807, 2.05) is 20.8 Å². The Morgan fingerprint density at radius 1 is 1.36 bits per heavy atom. The van der Waals surface area contributed by atoms with Crippen LogP contribution in [0.5, 0.6) is 0 Å². The van der Waals surface area contributed by atoms with E-state index < -0.39 is 0 Å².